The Morgan fingerprint density at radius 3 is 2.62 bits per heavy atom. The van der Waals surface area contributed by atoms with E-state index in [2.05, 4.69) is 27.9 Å². The van der Waals surface area contributed by atoms with Crippen molar-refractivity contribution in [2.45, 2.75) is 31.2 Å². The standard InChI is InChI=1S/C31H30N4O4S3/c1-3-16-35-17-15-24-27(19-35)41-31(28(24)30-32-25-9-4-5-10-26(25)40-30)33-29(36)20-7-6-8-21(18-20)34-42(37,38)23-13-11-22(39-2)12-14-23/h4-14,18,34H,3,15-17,19H2,1-2H3,(H,33,36). The predicted octanol–water partition coefficient (Wildman–Crippen LogP) is 6.85. The molecule has 2 aromatic heterocycles. The van der Waals surface area contributed by atoms with Gasteiger partial charge < -0.3 is 10.1 Å². The van der Waals surface area contributed by atoms with Gasteiger partial charge in [0, 0.05) is 34.8 Å². The Balaban J connectivity index is 1.29. The van der Waals surface area contributed by atoms with E-state index in [-0.39, 0.29) is 10.8 Å². The van der Waals surface area contributed by atoms with E-state index in [4.69, 9.17) is 9.72 Å². The van der Waals surface area contributed by atoms with E-state index in [1.165, 1.54) is 29.7 Å². The molecule has 8 nitrogen and oxygen atoms in total. The molecule has 1 amide bonds. The maximum Gasteiger partial charge on any atom is 0.261 e. The first-order chi connectivity index (χ1) is 20.3. The number of para-hydroxylation sites is 1. The SMILES string of the molecule is CCCN1CCc2c(sc(NC(=O)c3cccc(NS(=O)(=O)c4ccc(OC)cc4)c3)c2-c2nc3ccccc3s2)C1. The molecule has 6 rings (SSSR count). The average Bonchev–Trinajstić information content (AvgIpc) is 3.57. The zero-order valence-electron chi connectivity index (χ0n) is 23.2. The number of methoxy groups -OCH3 is 1. The zero-order valence-corrected chi connectivity index (χ0v) is 25.7. The quantitative estimate of drug-likeness (QED) is 0.187. The van der Waals surface area contributed by atoms with Gasteiger partial charge in [-0.15, -0.1) is 22.7 Å². The molecule has 1 aliphatic rings. The van der Waals surface area contributed by atoms with E-state index in [9.17, 15) is 13.2 Å². The van der Waals surface area contributed by atoms with Crippen molar-refractivity contribution in [1.29, 1.82) is 0 Å². The van der Waals surface area contributed by atoms with Gasteiger partial charge in [-0.2, -0.15) is 0 Å². The average molecular weight is 619 g/mol. The van der Waals surface area contributed by atoms with Crippen molar-refractivity contribution in [1.82, 2.24) is 9.88 Å². The number of anilines is 2. The van der Waals surface area contributed by atoms with Crippen LogP contribution in [0.3, 0.4) is 0 Å². The highest BCUT2D eigenvalue weighted by molar-refractivity contribution is 7.92. The van der Waals surface area contributed by atoms with E-state index in [0.29, 0.717) is 17.0 Å². The smallest absolute Gasteiger partial charge is 0.261 e. The minimum atomic E-state index is -3.85. The summed E-state index contributed by atoms with van der Waals surface area (Å²) >= 11 is 3.24. The molecule has 216 valence electrons. The molecule has 0 bridgehead atoms. The molecule has 0 saturated heterocycles. The topological polar surface area (TPSA) is 101 Å². The first kappa shape index (κ1) is 28.4. The van der Waals surface area contributed by atoms with Crippen LogP contribution in [0.1, 0.15) is 34.1 Å². The lowest BCUT2D eigenvalue weighted by Crippen LogP contribution is -2.30. The van der Waals surface area contributed by atoms with Crippen LogP contribution in [-0.2, 0) is 23.0 Å². The largest absolute Gasteiger partial charge is 0.497 e. The van der Waals surface area contributed by atoms with Crippen LogP contribution in [0.5, 0.6) is 5.75 Å². The number of hydrogen-bond donors (Lipinski definition) is 2. The Morgan fingerprint density at radius 2 is 1.86 bits per heavy atom. The molecule has 42 heavy (non-hydrogen) atoms. The lowest BCUT2D eigenvalue weighted by molar-refractivity contribution is 0.102. The van der Waals surface area contributed by atoms with Gasteiger partial charge in [-0.1, -0.05) is 25.1 Å². The number of rotatable bonds is 9. The molecule has 11 heteroatoms. The van der Waals surface area contributed by atoms with Gasteiger partial charge in [-0.05, 0) is 79.5 Å². The van der Waals surface area contributed by atoms with Gasteiger partial charge in [0.2, 0.25) is 0 Å². The van der Waals surface area contributed by atoms with E-state index < -0.39 is 10.0 Å². The Bertz CT molecular complexity index is 1830. The summed E-state index contributed by atoms with van der Waals surface area (Å²) in [7, 11) is -2.33. The third-order valence-corrected chi connectivity index (χ3v) is 10.7. The molecule has 3 heterocycles. The van der Waals surface area contributed by atoms with Crippen molar-refractivity contribution in [3.05, 3.63) is 88.8 Å². The van der Waals surface area contributed by atoms with Gasteiger partial charge in [0.25, 0.3) is 15.9 Å². The highest BCUT2D eigenvalue weighted by Gasteiger charge is 2.28. The van der Waals surface area contributed by atoms with Crippen LogP contribution < -0.4 is 14.8 Å². The van der Waals surface area contributed by atoms with Crippen LogP contribution in [0.2, 0.25) is 0 Å². The Hall–Kier alpha value is -3.77. The van der Waals surface area contributed by atoms with E-state index in [1.807, 2.05) is 18.2 Å². The second-order valence-corrected chi connectivity index (χ2v) is 13.9. The van der Waals surface area contributed by atoms with Crippen LogP contribution >= 0.6 is 22.7 Å². The number of carbonyl (C=O) groups excluding carboxylic acids is 1. The summed E-state index contributed by atoms with van der Waals surface area (Å²) in [6, 6.07) is 20.7. The van der Waals surface area contributed by atoms with Crippen molar-refractivity contribution >= 4 is 59.5 Å². The van der Waals surface area contributed by atoms with Gasteiger partial charge in [-0.3, -0.25) is 14.4 Å². The third-order valence-electron chi connectivity index (χ3n) is 7.16. The molecule has 1 aliphatic heterocycles. The molecule has 0 unspecified atom stereocenters. The second-order valence-electron chi connectivity index (χ2n) is 10.0. The van der Waals surface area contributed by atoms with Crippen molar-refractivity contribution in [3.63, 3.8) is 0 Å². The number of thiophene rings is 1. The number of benzene rings is 3. The number of hydrogen-bond acceptors (Lipinski definition) is 8. The summed E-state index contributed by atoms with van der Waals surface area (Å²) in [6.07, 6.45) is 1.99. The fraction of sp³-hybridized carbons (Fsp3) is 0.226. The zero-order chi connectivity index (χ0) is 29.3. The third kappa shape index (κ3) is 5.78. The highest BCUT2D eigenvalue weighted by Crippen LogP contribution is 2.46. The molecule has 0 spiro atoms. The molecule has 5 aromatic rings. The Morgan fingerprint density at radius 1 is 1.05 bits per heavy atom. The summed E-state index contributed by atoms with van der Waals surface area (Å²) in [5.41, 5.74) is 3.83. The minimum Gasteiger partial charge on any atom is -0.497 e. The van der Waals surface area contributed by atoms with Crippen molar-refractivity contribution in [2.75, 3.05) is 30.2 Å². The predicted molar refractivity (Wildman–Crippen MR) is 170 cm³/mol. The van der Waals surface area contributed by atoms with Crippen LogP contribution in [0.4, 0.5) is 10.7 Å². The second kappa shape index (κ2) is 11.8. The van der Waals surface area contributed by atoms with Crippen molar-refractivity contribution in [2.24, 2.45) is 0 Å². The van der Waals surface area contributed by atoms with E-state index >= 15 is 0 Å². The molecule has 0 atom stereocenters. The molecular formula is C31H30N4O4S3. The van der Waals surface area contributed by atoms with Crippen LogP contribution in [0.25, 0.3) is 20.8 Å². The number of amides is 1. The number of sulfonamides is 1. The fourth-order valence-corrected chi connectivity index (χ4v) is 8.57. The molecule has 2 N–H and O–H groups in total. The van der Waals surface area contributed by atoms with Gasteiger partial charge in [0.15, 0.2) is 0 Å². The molecule has 0 saturated carbocycles. The molecule has 3 aromatic carbocycles. The lowest BCUT2D eigenvalue weighted by atomic mass is 10.0. The number of thiazole rings is 1. The van der Waals surface area contributed by atoms with Crippen LogP contribution in [0, 0.1) is 0 Å². The summed E-state index contributed by atoms with van der Waals surface area (Å²) < 4.78 is 34.8. The number of nitrogens with zero attached hydrogens (tertiary/aromatic N) is 2. The first-order valence-corrected chi connectivity index (χ1v) is 16.8. The van der Waals surface area contributed by atoms with Crippen molar-refractivity contribution < 1.29 is 17.9 Å². The maximum atomic E-state index is 13.6. The van der Waals surface area contributed by atoms with E-state index in [0.717, 1.165) is 58.3 Å². The molecule has 0 fully saturated rings. The number of nitrogens with one attached hydrogen (secondary N) is 2. The van der Waals surface area contributed by atoms with Gasteiger partial charge in [0.05, 0.1) is 22.2 Å². The summed E-state index contributed by atoms with van der Waals surface area (Å²) in [5.74, 6) is 0.248. The normalized spacial score (nSPS) is 13.6. The number of carbonyl (C=O) groups is 1. The molecular weight excluding hydrogens is 589 g/mol. The Labute approximate surface area is 253 Å². The number of aromatic nitrogens is 1. The first-order valence-electron chi connectivity index (χ1n) is 13.7. The molecule has 0 aliphatic carbocycles. The lowest BCUT2D eigenvalue weighted by Gasteiger charge is -2.26. The summed E-state index contributed by atoms with van der Waals surface area (Å²) in [6.45, 7) is 5.05. The van der Waals surface area contributed by atoms with Gasteiger partial charge >= 0.3 is 0 Å². The fourth-order valence-electron chi connectivity index (χ4n) is 5.13. The van der Waals surface area contributed by atoms with Crippen molar-refractivity contribution in [3.8, 4) is 16.3 Å². The van der Waals surface area contributed by atoms with Crippen LogP contribution in [-0.4, -0.2) is 44.4 Å². The summed E-state index contributed by atoms with van der Waals surface area (Å²) in [4.78, 5) is 22.3. The van der Waals surface area contributed by atoms with Gasteiger partial charge in [0.1, 0.15) is 15.8 Å². The van der Waals surface area contributed by atoms with Crippen LogP contribution in [0.15, 0.2) is 77.7 Å². The number of ether oxygens (including phenoxy) is 1. The molecule has 0 radical (unpaired) electrons. The maximum absolute atomic E-state index is 13.6. The summed E-state index contributed by atoms with van der Waals surface area (Å²) in [5, 5.41) is 4.81. The van der Waals surface area contributed by atoms with E-state index in [1.54, 1.807) is 59.1 Å². The highest BCUT2D eigenvalue weighted by atomic mass is 32.2. The Kier molecular flexibility index (Phi) is 8.00. The minimum absolute atomic E-state index is 0.0971. The van der Waals surface area contributed by atoms with Gasteiger partial charge in [-0.25, -0.2) is 13.4 Å². The monoisotopic (exact) mass is 618 g/mol. The number of fused-ring (bicyclic) bond motifs is 2.